The lowest BCUT2D eigenvalue weighted by atomic mass is 10.4. The van der Waals surface area contributed by atoms with Crippen molar-refractivity contribution in [3.8, 4) is 0 Å². The van der Waals surface area contributed by atoms with E-state index in [-0.39, 0.29) is 5.56 Å². The van der Waals surface area contributed by atoms with E-state index in [1.54, 1.807) is 20.2 Å². The molecule has 0 aliphatic carbocycles. The fraction of sp³-hybridized carbons (Fsp3) is 0.375. The molecule has 0 aromatic carbocycles. The van der Waals surface area contributed by atoms with E-state index in [0.29, 0.717) is 17.6 Å². The first-order valence-electron chi connectivity index (χ1n) is 4.30. The van der Waals surface area contributed by atoms with Crippen molar-refractivity contribution >= 4 is 11.0 Å². The highest BCUT2D eigenvalue weighted by molar-refractivity contribution is 5.72. The fourth-order valence-electron chi connectivity index (χ4n) is 1.43. The molecule has 74 valence electrons. The van der Waals surface area contributed by atoms with Gasteiger partial charge in [-0.1, -0.05) is 0 Å². The molecule has 2 aromatic rings. The molecular formula is C8H10N4O2. The predicted molar refractivity (Wildman–Crippen MR) is 51.3 cm³/mol. The van der Waals surface area contributed by atoms with Crippen molar-refractivity contribution in [2.45, 2.75) is 13.5 Å². The Labute approximate surface area is 78.8 Å². The summed E-state index contributed by atoms with van der Waals surface area (Å²) in [6.07, 6.45) is 1.60. The Bertz CT molecular complexity index is 589. The van der Waals surface area contributed by atoms with Crippen LogP contribution < -0.4 is 11.2 Å². The van der Waals surface area contributed by atoms with Crippen LogP contribution in [0.1, 0.15) is 6.92 Å². The summed E-state index contributed by atoms with van der Waals surface area (Å²) in [7, 11) is 1.70. The minimum atomic E-state index is -0.413. The highest BCUT2D eigenvalue weighted by Gasteiger charge is 2.08. The first-order chi connectivity index (χ1) is 6.63. The van der Waals surface area contributed by atoms with E-state index in [2.05, 4.69) is 10.1 Å². The first kappa shape index (κ1) is 8.74. The zero-order chi connectivity index (χ0) is 10.3. The SMILES string of the molecule is CCn1c(=O)[nH]c2nn(C)cc2c1=O. The van der Waals surface area contributed by atoms with Gasteiger partial charge in [-0.15, -0.1) is 0 Å². The Morgan fingerprint density at radius 2 is 2.21 bits per heavy atom. The van der Waals surface area contributed by atoms with Crippen molar-refractivity contribution in [3.63, 3.8) is 0 Å². The van der Waals surface area contributed by atoms with Gasteiger partial charge in [0.25, 0.3) is 5.56 Å². The van der Waals surface area contributed by atoms with Crippen molar-refractivity contribution in [2.75, 3.05) is 0 Å². The lowest BCUT2D eigenvalue weighted by Crippen LogP contribution is -2.34. The Morgan fingerprint density at radius 1 is 1.50 bits per heavy atom. The molecule has 0 aliphatic rings. The molecule has 0 atom stereocenters. The number of rotatable bonds is 1. The van der Waals surface area contributed by atoms with Crippen LogP contribution >= 0.6 is 0 Å². The van der Waals surface area contributed by atoms with Gasteiger partial charge in [-0.2, -0.15) is 5.10 Å². The Balaban J connectivity index is 3.00. The van der Waals surface area contributed by atoms with Crippen LogP contribution in [0.3, 0.4) is 0 Å². The molecule has 2 heterocycles. The summed E-state index contributed by atoms with van der Waals surface area (Å²) in [5.74, 6) is 0. The molecule has 0 aliphatic heterocycles. The van der Waals surface area contributed by atoms with Gasteiger partial charge < -0.3 is 0 Å². The molecule has 0 saturated heterocycles. The summed E-state index contributed by atoms with van der Waals surface area (Å²) in [6, 6.07) is 0. The van der Waals surface area contributed by atoms with E-state index in [1.807, 2.05) is 0 Å². The minimum absolute atomic E-state index is 0.292. The smallest absolute Gasteiger partial charge is 0.290 e. The second-order valence-corrected chi connectivity index (χ2v) is 3.04. The second kappa shape index (κ2) is 2.83. The van der Waals surface area contributed by atoms with Gasteiger partial charge in [0.2, 0.25) is 0 Å². The third-order valence-corrected chi connectivity index (χ3v) is 2.09. The molecule has 0 radical (unpaired) electrons. The average molecular weight is 194 g/mol. The van der Waals surface area contributed by atoms with Gasteiger partial charge in [0.1, 0.15) is 5.39 Å². The molecule has 0 saturated carbocycles. The molecule has 0 amide bonds. The molecule has 6 nitrogen and oxygen atoms in total. The number of H-pyrrole nitrogens is 1. The van der Waals surface area contributed by atoms with Gasteiger partial charge >= 0.3 is 5.69 Å². The molecule has 0 fully saturated rings. The van der Waals surface area contributed by atoms with Gasteiger partial charge in [-0.25, -0.2) is 4.79 Å². The van der Waals surface area contributed by atoms with Crippen LogP contribution in [0.5, 0.6) is 0 Å². The summed E-state index contributed by atoms with van der Waals surface area (Å²) in [5.41, 5.74) is -0.366. The second-order valence-electron chi connectivity index (χ2n) is 3.04. The van der Waals surface area contributed by atoms with Crippen LogP contribution in [0.25, 0.3) is 11.0 Å². The lowest BCUT2D eigenvalue weighted by molar-refractivity contribution is 0.683. The van der Waals surface area contributed by atoms with Gasteiger partial charge in [0.15, 0.2) is 5.65 Å². The zero-order valence-electron chi connectivity index (χ0n) is 7.94. The number of aromatic amines is 1. The lowest BCUT2D eigenvalue weighted by Gasteiger charge is -1.97. The van der Waals surface area contributed by atoms with Gasteiger partial charge in [0, 0.05) is 19.8 Å². The molecule has 0 unspecified atom stereocenters. The number of nitrogens with one attached hydrogen (secondary N) is 1. The summed E-state index contributed by atoms with van der Waals surface area (Å²) in [5, 5.41) is 4.40. The minimum Gasteiger partial charge on any atom is -0.290 e. The van der Waals surface area contributed by atoms with E-state index in [4.69, 9.17) is 0 Å². The number of aromatic nitrogens is 4. The number of hydrogen-bond acceptors (Lipinski definition) is 3. The third-order valence-electron chi connectivity index (χ3n) is 2.09. The maximum atomic E-state index is 11.7. The number of aryl methyl sites for hydroxylation is 1. The maximum absolute atomic E-state index is 11.7. The van der Waals surface area contributed by atoms with Crippen molar-refractivity contribution in [2.24, 2.45) is 7.05 Å². The van der Waals surface area contributed by atoms with E-state index in [1.165, 1.54) is 4.68 Å². The highest BCUT2D eigenvalue weighted by Crippen LogP contribution is 1.99. The van der Waals surface area contributed by atoms with Crippen molar-refractivity contribution < 1.29 is 0 Å². The maximum Gasteiger partial charge on any atom is 0.330 e. The Hall–Kier alpha value is -1.85. The van der Waals surface area contributed by atoms with Crippen LogP contribution in [-0.2, 0) is 13.6 Å². The molecule has 2 rings (SSSR count). The standard InChI is InChI=1S/C8H10N4O2/c1-3-12-7(13)5-4-11(2)10-6(5)9-8(12)14/h4H,3H2,1-2H3,(H,9,10,14). The predicted octanol–water partition coefficient (Wildman–Crippen LogP) is -0.557. The van der Waals surface area contributed by atoms with Crippen LogP contribution in [0.2, 0.25) is 0 Å². The van der Waals surface area contributed by atoms with Crippen molar-refractivity contribution in [1.29, 1.82) is 0 Å². The van der Waals surface area contributed by atoms with Crippen molar-refractivity contribution in [3.05, 3.63) is 27.0 Å². The van der Waals surface area contributed by atoms with E-state index < -0.39 is 5.69 Å². The fourth-order valence-corrected chi connectivity index (χ4v) is 1.43. The van der Waals surface area contributed by atoms with Gasteiger partial charge in [0.05, 0.1) is 0 Å². The van der Waals surface area contributed by atoms with E-state index in [9.17, 15) is 9.59 Å². The molecule has 2 aromatic heterocycles. The molecule has 0 bridgehead atoms. The van der Waals surface area contributed by atoms with Crippen LogP contribution in [0.15, 0.2) is 15.8 Å². The van der Waals surface area contributed by atoms with E-state index in [0.717, 1.165) is 4.57 Å². The normalized spacial score (nSPS) is 11.0. The Kier molecular flexibility index (Phi) is 1.77. The third kappa shape index (κ3) is 1.07. The summed E-state index contributed by atoms with van der Waals surface area (Å²) in [4.78, 5) is 25.6. The van der Waals surface area contributed by atoms with Crippen LogP contribution in [0, 0.1) is 0 Å². The number of hydrogen-bond donors (Lipinski definition) is 1. The van der Waals surface area contributed by atoms with Crippen LogP contribution in [0.4, 0.5) is 0 Å². The van der Waals surface area contributed by atoms with E-state index >= 15 is 0 Å². The monoisotopic (exact) mass is 194 g/mol. The molecule has 6 heteroatoms. The summed E-state index contributed by atoms with van der Waals surface area (Å²) >= 11 is 0. The van der Waals surface area contributed by atoms with Crippen LogP contribution in [-0.4, -0.2) is 19.3 Å². The largest absolute Gasteiger partial charge is 0.330 e. The molecule has 1 N–H and O–H groups in total. The Morgan fingerprint density at radius 3 is 2.86 bits per heavy atom. The number of fused-ring (bicyclic) bond motifs is 1. The first-order valence-corrected chi connectivity index (χ1v) is 4.30. The topological polar surface area (TPSA) is 72.7 Å². The average Bonchev–Trinajstić information content (AvgIpc) is 2.47. The molecule has 14 heavy (non-hydrogen) atoms. The molecular weight excluding hydrogens is 184 g/mol. The van der Waals surface area contributed by atoms with Crippen molar-refractivity contribution in [1.82, 2.24) is 19.3 Å². The summed E-state index contributed by atoms with van der Waals surface area (Å²) in [6.45, 7) is 2.11. The number of nitrogens with zero attached hydrogens (tertiary/aromatic N) is 3. The zero-order valence-corrected chi connectivity index (χ0v) is 7.94. The van der Waals surface area contributed by atoms with Gasteiger partial charge in [-0.3, -0.25) is 19.0 Å². The summed E-state index contributed by atoms with van der Waals surface area (Å²) < 4.78 is 2.64. The quantitative estimate of drug-likeness (QED) is 0.661. The highest BCUT2D eigenvalue weighted by atomic mass is 16.2. The molecule has 0 spiro atoms. The van der Waals surface area contributed by atoms with Gasteiger partial charge in [-0.05, 0) is 6.92 Å².